The highest BCUT2D eigenvalue weighted by atomic mass is 14.7. The van der Waals surface area contributed by atoms with Crippen molar-refractivity contribution in [1.29, 1.82) is 5.26 Å². The summed E-state index contributed by atoms with van der Waals surface area (Å²) in [5.74, 6) is 0. The lowest BCUT2D eigenvalue weighted by Gasteiger charge is -2.03. The highest BCUT2D eigenvalue weighted by Gasteiger charge is 2.20. The molecule has 0 amide bonds. The second kappa shape index (κ2) is 4.68. The van der Waals surface area contributed by atoms with Crippen LogP contribution < -0.4 is 0 Å². The maximum Gasteiger partial charge on any atom is 0.265 e. The summed E-state index contributed by atoms with van der Waals surface area (Å²) < 4.78 is 0. The lowest BCUT2D eigenvalue weighted by atomic mass is 10.0. The maximum atomic E-state index is 8.92. The molecule has 0 aromatic heterocycles. The van der Waals surface area contributed by atoms with E-state index in [4.69, 9.17) is 11.8 Å². The van der Waals surface area contributed by atoms with E-state index in [1.165, 1.54) is 11.1 Å². The molecule has 17 heavy (non-hydrogen) atoms. The molecule has 2 heteroatoms. The third-order valence-electron chi connectivity index (χ3n) is 3.16. The molecule has 0 fully saturated rings. The lowest BCUT2D eigenvalue weighted by molar-refractivity contribution is 1.06. The first-order valence-electron chi connectivity index (χ1n) is 5.54. The first-order chi connectivity index (χ1) is 8.27. The molecular weight excluding hydrogens is 208 g/mol. The Bertz CT molecular complexity index is 562. The second-order valence-corrected chi connectivity index (χ2v) is 4.02. The fourth-order valence-corrected chi connectivity index (χ4v) is 2.26. The van der Waals surface area contributed by atoms with E-state index in [0.29, 0.717) is 0 Å². The van der Waals surface area contributed by atoms with Crippen LogP contribution >= 0.6 is 0 Å². The molecule has 0 atom stereocenters. The molecule has 0 saturated heterocycles. The van der Waals surface area contributed by atoms with Crippen molar-refractivity contribution < 1.29 is 0 Å². The molecule has 0 saturated carbocycles. The van der Waals surface area contributed by atoms with Crippen molar-refractivity contribution in [2.45, 2.75) is 19.8 Å². The largest absolute Gasteiger partial charge is 0.265 e. The second-order valence-electron chi connectivity index (χ2n) is 4.02. The zero-order valence-corrected chi connectivity index (χ0v) is 9.70. The number of benzene rings is 1. The van der Waals surface area contributed by atoms with Crippen molar-refractivity contribution in [3.05, 3.63) is 64.2 Å². The Morgan fingerprint density at radius 2 is 2.00 bits per heavy atom. The number of nitriles is 1. The number of hydrogen-bond acceptors (Lipinski definition) is 1. The van der Waals surface area contributed by atoms with Gasteiger partial charge in [-0.15, -0.1) is 0 Å². The van der Waals surface area contributed by atoms with E-state index >= 15 is 0 Å². The number of hydrogen-bond donors (Lipinski definition) is 0. The van der Waals surface area contributed by atoms with Crippen LogP contribution in [0.2, 0.25) is 0 Å². The summed E-state index contributed by atoms with van der Waals surface area (Å²) in [5, 5.41) is 8.92. The summed E-state index contributed by atoms with van der Waals surface area (Å²) in [6.07, 6.45) is 1.73. The van der Waals surface area contributed by atoms with Crippen LogP contribution in [0.15, 0.2) is 47.2 Å². The average Bonchev–Trinajstić information content (AvgIpc) is 2.75. The van der Waals surface area contributed by atoms with Gasteiger partial charge in [0.15, 0.2) is 0 Å². The Balaban J connectivity index is 2.51. The van der Waals surface area contributed by atoms with E-state index in [0.717, 1.165) is 24.0 Å². The standard InChI is InChI=1S/C15H12N2/c1-11-13(12-6-4-3-5-7-12)8-9-14(11)15(10-16)17-2/h3-7H,8-9H2,1H3/b15-14+. The van der Waals surface area contributed by atoms with Crippen molar-refractivity contribution in [3.63, 3.8) is 0 Å². The van der Waals surface area contributed by atoms with E-state index < -0.39 is 0 Å². The number of rotatable bonds is 1. The summed E-state index contributed by atoms with van der Waals surface area (Å²) in [4.78, 5) is 3.30. The molecule has 2 rings (SSSR count). The molecule has 1 aliphatic carbocycles. The highest BCUT2D eigenvalue weighted by molar-refractivity contribution is 5.76. The van der Waals surface area contributed by atoms with Crippen molar-refractivity contribution in [3.8, 4) is 6.07 Å². The molecule has 0 unspecified atom stereocenters. The van der Waals surface area contributed by atoms with E-state index in [-0.39, 0.29) is 5.70 Å². The van der Waals surface area contributed by atoms with Gasteiger partial charge in [0.1, 0.15) is 0 Å². The van der Waals surface area contributed by atoms with Gasteiger partial charge in [0.05, 0.1) is 12.6 Å². The van der Waals surface area contributed by atoms with E-state index in [1.54, 1.807) is 0 Å². The van der Waals surface area contributed by atoms with Gasteiger partial charge in [-0.3, -0.25) is 0 Å². The molecule has 2 nitrogen and oxygen atoms in total. The van der Waals surface area contributed by atoms with Gasteiger partial charge in [-0.1, -0.05) is 35.9 Å². The Morgan fingerprint density at radius 1 is 1.29 bits per heavy atom. The van der Waals surface area contributed by atoms with Crippen LogP contribution in [0.25, 0.3) is 10.4 Å². The molecule has 0 N–H and O–H groups in total. The zero-order chi connectivity index (χ0) is 12.3. The van der Waals surface area contributed by atoms with Crippen LogP contribution in [0.5, 0.6) is 0 Å². The van der Waals surface area contributed by atoms with Gasteiger partial charge in [-0.2, -0.15) is 0 Å². The molecule has 0 heterocycles. The minimum absolute atomic E-state index is 0.244. The average molecular weight is 220 g/mol. The van der Waals surface area contributed by atoms with Gasteiger partial charge < -0.3 is 0 Å². The van der Waals surface area contributed by atoms with Crippen LogP contribution in [-0.4, -0.2) is 0 Å². The molecule has 0 radical (unpaired) electrons. The van der Waals surface area contributed by atoms with Crippen LogP contribution in [0, 0.1) is 17.9 Å². The van der Waals surface area contributed by atoms with Gasteiger partial charge >= 0.3 is 0 Å². The molecule has 82 valence electrons. The Hall–Kier alpha value is -2.32. The van der Waals surface area contributed by atoms with Gasteiger partial charge in [0, 0.05) is 0 Å². The predicted molar refractivity (Wildman–Crippen MR) is 67.5 cm³/mol. The number of allylic oxidation sites excluding steroid dienone is 4. The molecule has 1 aromatic rings. The van der Waals surface area contributed by atoms with E-state index in [9.17, 15) is 0 Å². The van der Waals surface area contributed by atoms with Gasteiger partial charge in [0.2, 0.25) is 0 Å². The zero-order valence-electron chi connectivity index (χ0n) is 9.70. The van der Waals surface area contributed by atoms with Crippen molar-refractivity contribution >= 4 is 5.57 Å². The Labute approximate surface area is 101 Å². The monoisotopic (exact) mass is 220 g/mol. The molecule has 1 aromatic carbocycles. The summed E-state index contributed by atoms with van der Waals surface area (Å²) >= 11 is 0. The SMILES string of the molecule is [C-]#[N+]/C(C#N)=C1\CCC(c2ccccc2)=C1C. The molecule has 0 aliphatic heterocycles. The summed E-state index contributed by atoms with van der Waals surface area (Å²) in [5.41, 5.74) is 4.72. The first-order valence-corrected chi connectivity index (χ1v) is 5.54. The quantitative estimate of drug-likeness (QED) is 0.520. The van der Waals surface area contributed by atoms with Gasteiger partial charge in [-0.05, 0) is 36.5 Å². The van der Waals surface area contributed by atoms with Crippen molar-refractivity contribution in [2.24, 2.45) is 0 Å². The van der Waals surface area contributed by atoms with Crippen molar-refractivity contribution in [1.82, 2.24) is 0 Å². The topological polar surface area (TPSA) is 28.1 Å². The molecule has 0 spiro atoms. The van der Waals surface area contributed by atoms with E-state index in [1.807, 2.05) is 31.2 Å². The van der Waals surface area contributed by atoms with Crippen molar-refractivity contribution in [2.75, 3.05) is 0 Å². The van der Waals surface area contributed by atoms with Crippen LogP contribution in [0.4, 0.5) is 0 Å². The summed E-state index contributed by atoms with van der Waals surface area (Å²) in [6.45, 7) is 9.01. The first kappa shape index (κ1) is 11.2. The normalized spacial score (nSPS) is 17.6. The van der Waals surface area contributed by atoms with Gasteiger partial charge in [0.25, 0.3) is 5.70 Å². The molecule has 1 aliphatic rings. The fourth-order valence-electron chi connectivity index (χ4n) is 2.26. The molecule has 0 bridgehead atoms. The lowest BCUT2D eigenvalue weighted by Crippen LogP contribution is -1.84. The van der Waals surface area contributed by atoms with E-state index in [2.05, 4.69) is 17.0 Å². The minimum Gasteiger partial charge on any atom is -0.226 e. The fraction of sp³-hybridized carbons (Fsp3) is 0.200. The third kappa shape index (κ3) is 1.98. The summed E-state index contributed by atoms with van der Waals surface area (Å²) in [6, 6.07) is 12.2. The van der Waals surface area contributed by atoms with Crippen LogP contribution in [0.1, 0.15) is 25.3 Å². The van der Waals surface area contributed by atoms with Crippen LogP contribution in [0.3, 0.4) is 0 Å². The predicted octanol–water partition coefficient (Wildman–Crippen LogP) is 3.95. The summed E-state index contributed by atoms with van der Waals surface area (Å²) in [7, 11) is 0. The van der Waals surface area contributed by atoms with Crippen LogP contribution in [-0.2, 0) is 0 Å². The Kier molecular flexibility index (Phi) is 3.08. The number of nitrogens with zero attached hydrogens (tertiary/aromatic N) is 2. The Morgan fingerprint density at radius 3 is 2.59 bits per heavy atom. The maximum absolute atomic E-state index is 8.92. The smallest absolute Gasteiger partial charge is 0.226 e. The third-order valence-corrected chi connectivity index (χ3v) is 3.16. The minimum atomic E-state index is 0.244. The van der Waals surface area contributed by atoms with Gasteiger partial charge in [-0.25, -0.2) is 10.1 Å². The highest BCUT2D eigenvalue weighted by Crippen LogP contribution is 2.38. The molecular formula is C15H12N2.